The standard InChI is InChI=1S/C11H16N4O4/c1-3-14(2)7-6-12-10-9(15(18)19)5-4-8(13-10)11(16)17/h4-5H,3,6-7H2,1-2H3,(H,12,13)(H,16,17). The number of anilines is 1. The van der Waals surface area contributed by atoms with Gasteiger partial charge in [-0.1, -0.05) is 6.92 Å². The molecular weight excluding hydrogens is 252 g/mol. The van der Waals surface area contributed by atoms with Gasteiger partial charge >= 0.3 is 11.7 Å². The molecule has 2 N–H and O–H groups in total. The Bertz CT molecular complexity index is 478. The van der Waals surface area contributed by atoms with Crippen LogP contribution in [0.25, 0.3) is 0 Å². The van der Waals surface area contributed by atoms with Gasteiger partial charge in [0.1, 0.15) is 0 Å². The number of rotatable bonds is 7. The Morgan fingerprint density at radius 3 is 2.79 bits per heavy atom. The van der Waals surface area contributed by atoms with Crippen molar-refractivity contribution in [2.75, 3.05) is 32.0 Å². The summed E-state index contributed by atoms with van der Waals surface area (Å²) < 4.78 is 0. The van der Waals surface area contributed by atoms with Crippen LogP contribution in [-0.2, 0) is 0 Å². The molecule has 0 radical (unpaired) electrons. The van der Waals surface area contributed by atoms with E-state index in [1.165, 1.54) is 0 Å². The van der Waals surface area contributed by atoms with E-state index in [1.54, 1.807) is 0 Å². The van der Waals surface area contributed by atoms with Crippen LogP contribution < -0.4 is 5.32 Å². The third kappa shape index (κ3) is 4.18. The van der Waals surface area contributed by atoms with E-state index in [1.807, 2.05) is 18.9 Å². The summed E-state index contributed by atoms with van der Waals surface area (Å²) >= 11 is 0. The van der Waals surface area contributed by atoms with Crippen LogP contribution in [0.15, 0.2) is 12.1 Å². The van der Waals surface area contributed by atoms with Gasteiger partial charge in [-0.2, -0.15) is 0 Å². The minimum atomic E-state index is -1.22. The molecule has 1 rings (SSSR count). The van der Waals surface area contributed by atoms with Crippen molar-refractivity contribution in [3.05, 3.63) is 27.9 Å². The monoisotopic (exact) mass is 268 g/mol. The topological polar surface area (TPSA) is 109 Å². The third-order valence-electron chi connectivity index (χ3n) is 2.62. The van der Waals surface area contributed by atoms with Gasteiger partial charge in [-0.25, -0.2) is 9.78 Å². The van der Waals surface area contributed by atoms with Gasteiger partial charge in [0.15, 0.2) is 5.69 Å². The molecule has 0 aliphatic rings. The highest BCUT2D eigenvalue weighted by Crippen LogP contribution is 2.21. The van der Waals surface area contributed by atoms with Crippen molar-refractivity contribution in [1.29, 1.82) is 0 Å². The van der Waals surface area contributed by atoms with Crippen molar-refractivity contribution in [2.24, 2.45) is 0 Å². The van der Waals surface area contributed by atoms with E-state index in [2.05, 4.69) is 10.3 Å². The largest absolute Gasteiger partial charge is 0.477 e. The number of carboxylic acids is 1. The molecule has 0 aliphatic heterocycles. The second-order valence-corrected chi connectivity index (χ2v) is 3.95. The van der Waals surface area contributed by atoms with Crippen molar-refractivity contribution in [2.45, 2.75) is 6.92 Å². The summed E-state index contributed by atoms with van der Waals surface area (Å²) in [5.41, 5.74) is -0.457. The maximum atomic E-state index is 10.8. The zero-order valence-electron chi connectivity index (χ0n) is 10.8. The summed E-state index contributed by atoms with van der Waals surface area (Å²) in [4.78, 5) is 26.8. The highest BCUT2D eigenvalue weighted by Gasteiger charge is 2.18. The molecule has 0 unspecified atom stereocenters. The van der Waals surface area contributed by atoms with Gasteiger partial charge in [-0.3, -0.25) is 10.1 Å². The number of hydrogen-bond donors (Lipinski definition) is 2. The summed E-state index contributed by atoms with van der Waals surface area (Å²) in [6.45, 7) is 3.96. The maximum Gasteiger partial charge on any atom is 0.354 e. The van der Waals surface area contributed by atoms with E-state index in [0.29, 0.717) is 13.1 Å². The Balaban J connectivity index is 2.85. The van der Waals surface area contributed by atoms with Gasteiger partial charge in [-0.05, 0) is 19.7 Å². The highest BCUT2D eigenvalue weighted by molar-refractivity contribution is 5.86. The molecule has 0 aliphatic carbocycles. The molecule has 1 aromatic rings. The molecule has 0 saturated carbocycles. The fourth-order valence-corrected chi connectivity index (χ4v) is 1.37. The van der Waals surface area contributed by atoms with Gasteiger partial charge in [0.2, 0.25) is 5.82 Å². The summed E-state index contributed by atoms with van der Waals surface area (Å²) in [6.07, 6.45) is 0. The molecule has 0 saturated heterocycles. The van der Waals surface area contributed by atoms with Crippen LogP contribution in [0.1, 0.15) is 17.4 Å². The van der Waals surface area contributed by atoms with Crippen molar-refractivity contribution in [3.8, 4) is 0 Å². The third-order valence-corrected chi connectivity index (χ3v) is 2.62. The minimum absolute atomic E-state index is 0.0191. The van der Waals surface area contributed by atoms with E-state index in [-0.39, 0.29) is 17.2 Å². The predicted molar refractivity (Wildman–Crippen MR) is 69.5 cm³/mol. The molecule has 0 amide bonds. The number of nitrogens with zero attached hydrogens (tertiary/aromatic N) is 3. The molecule has 8 nitrogen and oxygen atoms in total. The van der Waals surface area contributed by atoms with Gasteiger partial charge in [0.05, 0.1) is 4.92 Å². The molecular formula is C11H16N4O4. The lowest BCUT2D eigenvalue weighted by atomic mass is 10.3. The normalized spacial score (nSPS) is 10.5. The fourth-order valence-electron chi connectivity index (χ4n) is 1.37. The number of pyridine rings is 1. The Morgan fingerprint density at radius 1 is 1.58 bits per heavy atom. The smallest absolute Gasteiger partial charge is 0.354 e. The summed E-state index contributed by atoms with van der Waals surface area (Å²) in [5, 5.41) is 22.4. The molecule has 19 heavy (non-hydrogen) atoms. The number of carbonyl (C=O) groups is 1. The van der Waals surface area contributed by atoms with Gasteiger partial charge in [-0.15, -0.1) is 0 Å². The Labute approximate surface area is 110 Å². The van der Waals surface area contributed by atoms with E-state index < -0.39 is 10.9 Å². The van der Waals surface area contributed by atoms with Gasteiger partial charge < -0.3 is 15.3 Å². The predicted octanol–water partition coefficient (Wildman–Crippen LogP) is 1.05. The molecule has 0 atom stereocenters. The number of carboxylic acid groups (broad SMARTS) is 1. The fraction of sp³-hybridized carbons (Fsp3) is 0.455. The minimum Gasteiger partial charge on any atom is -0.477 e. The van der Waals surface area contributed by atoms with Gasteiger partial charge in [0.25, 0.3) is 0 Å². The first-order chi connectivity index (χ1) is 8.95. The quantitative estimate of drug-likeness (QED) is 0.562. The number of likely N-dealkylation sites (N-methyl/N-ethyl adjacent to an activating group) is 1. The first-order valence-corrected chi connectivity index (χ1v) is 5.76. The van der Waals surface area contributed by atoms with E-state index in [4.69, 9.17) is 5.11 Å². The lowest BCUT2D eigenvalue weighted by molar-refractivity contribution is -0.384. The molecule has 8 heteroatoms. The molecule has 0 aromatic carbocycles. The molecule has 1 aromatic heterocycles. The van der Waals surface area contributed by atoms with E-state index in [9.17, 15) is 14.9 Å². The van der Waals surface area contributed by atoms with E-state index in [0.717, 1.165) is 18.7 Å². The van der Waals surface area contributed by atoms with Crippen LogP contribution in [0.3, 0.4) is 0 Å². The average molecular weight is 268 g/mol. The zero-order chi connectivity index (χ0) is 14.4. The summed E-state index contributed by atoms with van der Waals surface area (Å²) in [6, 6.07) is 2.26. The van der Waals surface area contributed by atoms with Crippen LogP contribution in [0.5, 0.6) is 0 Å². The number of nitrogens with one attached hydrogen (secondary N) is 1. The van der Waals surface area contributed by atoms with Crippen molar-refractivity contribution in [3.63, 3.8) is 0 Å². The Hall–Kier alpha value is -2.22. The average Bonchev–Trinajstić information content (AvgIpc) is 2.37. The van der Waals surface area contributed by atoms with Crippen LogP contribution in [0, 0.1) is 10.1 Å². The molecule has 0 spiro atoms. The van der Waals surface area contributed by atoms with Crippen LogP contribution in [-0.4, -0.2) is 52.6 Å². The SMILES string of the molecule is CCN(C)CCNc1nc(C(=O)O)ccc1[N+](=O)[O-]. The Morgan fingerprint density at radius 2 is 2.26 bits per heavy atom. The highest BCUT2D eigenvalue weighted by atomic mass is 16.6. The van der Waals surface area contributed by atoms with E-state index >= 15 is 0 Å². The molecule has 0 fully saturated rings. The lowest BCUT2D eigenvalue weighted by Crippen LogP contribution is -2.25. The molecule has 0 bridgehead atoms. The first-order valence-electron chi connectivity index (χ1n) is 5.76. The first kappa shape index (κ1) is 14.8. The van der Waals surface area contributed by atoms with Crippen molar-refractivity contribution >= 4 is 17.5 Å². The van der Waals surface area contributed by atoms with Crippen LogP contribution in [0.4, 0.5) is 11.5 Å². The maximum absolute atomic E-state index is 10.8. The second-order valence-electron chi connectivity index (χ2n) is 3.95. The number of aromatic nitrogens is 1. The van der Waals surface area contributed by atoms with Crippen molar-refractivity contribution < 1.29 is 14.8 Å². The van der Waals surface area contributed by atoms with Crippen LogP contribution >= 0.6 is 0 Å². The zero-order valence-corrected chi connectivity index (χ0v) is 10.8. The number of hydrogen-bond acceptors (Lipinski definition) is 6. The van der Waals surface area contributed by atoms with Crippen molar-refractivity contribution in [1.82, 2.24) is 9.88 Å². The number of nitro groups is 1. The lowest BCUT2D eigenvalue weighted by Gasteiger charge is -2.14. The number of aromatic carboxylic acids is 1. The Kier molecular flexibility index (Phi) is 5.19. The molecule has 104 valence electrons. The van der Waals surface area contributed by atoms with Crippen LogP contribution in [0.2, 0.25) is 0 Å². The van der Waals surface area contributed by atoms with Gasteiger partial charge in [0, 0.05) is 19.2 Å². The summed E-state index contributed by atoms with van der Waals surface area (Å²) in [5.74, 6) is -1.24. The second kappa shape index (κ2) is 6.64. The molecule has 1 heterocycles. The summed E-state index contributed by atoms with van der Waals surface area (Å²) in [7, 11) is 1.91.